The molecule has 116 valence electrons. The molecule has 1 unspecified atom stereocenters. The second kappa shape index (κ2) is 6.18. The predicted octanol–water partition coefficient (Wildman–Crippen LogP) is 1.59. The van der Waals surface area contributed by atoms with Crippen LogP contribution in [0.25, 0.3) is 0 Å². The first kappa shape index (κ1) is 14.6. The molecule has 21 heavy (non-hydrogen) atoms. The molecule has 2 aliphatic rings. The van der Waals surface area contributed by atoms with Crippen molar-refractivity contribution in [3.05, 3.63) is 17.5 Å². The van der Waals surface area contributed by atoms with Gasteiger partial charge in [-0.05, 0) is 58.7 Å². The van der Waals surface area contributed by atoms with E-state index >= 15 is 0 Å². The number of carbonyl (C=O) groups is 1. The monoisotopic (exact) mass is 290 g/mol. The second-order valence-corrected chi connectivity index (χ2v) is 6.46. The molecule has 5 heteroatoms. The van der Waals surface area contributed by atoms with Gasteiger partial charge in [-0.3, -0.25) is 14.4 Å². The third kappa shape index (κ3) is 3.28. The van der Waals surface area contributed by atoms with E-state index in [0.717, 1.165) is 30.9 Å². The van der Waals surface area contributed by atoms with E-state index in [1.807, 2.05) is 29.5 Å². The highest BCUT2D eigenvalue weighted by atomic mass is 16.2. The van der Waals surface area contributed by atoms with Crippen LogP contribution in [0.5, 0.6) is 0 Å². The molecule has 3 rings (SSSR count). The summed E-state index contributed by atoms with van der Waals surface area (Å²) in [6, 6.07) is 2.60. The molecule has 0 aromatic carbocycles. The zero-order chi connectivity index (χ0) is 14.8. The molecule has 5 nitrogen and oxygen atoms in total. The standard InChI is InChI=1S/C16H26N4O/c1-13-10-14(2)20(17-13)12-16(21)19-9-5-6-15(11-19)18-7-3-4-8-18/h10,15H,3-9,11-12H2,1-2H3. The molecule has 1 aromatic rings. The van der Waals surface area contributed by atoms with Crippen molar-refractivity contribution in [2.75, 3.05) is 26.2 Å². The lowest BCUT2D eigenvalue weighted by molar-refractivity contribution is -0.134. The molecule has 0 bridgehead atoms. The summed E-state index contributed by atoms with van der Waals surface area (Å²) in [6.45, 7) is 8.59. The van der Waals surface area contributed by atoms with E-state index in [4.69, 9.17) is 0 Å². The van der Waals surface area contributed by atoms with Crippen molar-refractivity contribution < 1.29 is 4.79 Å². The van der Waals surface area contributed by atoms with Crippen LogP contribution in [-0.2, 0) is 11.3 Å². The minimum absolute atomic E-state index is 0.213. The van der Waals surface area contributed by atoms with Crippen molar-refractivity contribution in [3.8, 4) is 0 Å². The Labute approximate surface area is 126 Å². The number of piperidine rings is 1. The molecule has 3 heterocycles. The van der Waals surface area contributed by atoms with E-state index in [9.17, 15) is 4.79 Å². The molecule has 2 saturated heterocycles. The fourth-order valence-corrected chi connectivity index (χ4v) is 3.65. The largest absolute Gasteiger partial charge is 0.340 e. The minimum Gasteiger partial charge on any atom is -0.340 e. The highest BCUT2D eigenvalue weighted by Gasteiger charge is 2.29. The van der Waals surface area contributed by atoms with Gasteiger partial charge in [0.05, 0.1) is 5.69 Å². The summed E-state index contributed by atoms with van der Waals surface area (Å²) in [7, 11) is 0. The van der Waals surface area contributed by atoms with Crippen LogP contribution in [-0.4, -0.2) is 57.7 Å². The van der Waals surface area contributed by atoms with Crippen LogP contribution in [0.4, 0.5) is 0 Å². The number of hydrogen-bond acceptors (Lipinski definition) is 3. The van der Waals surface area contributed by atoms with Crippen molar-refractivity contribution in [2.24, 2.45) is 0 Å². The highest BCUT2D eigenvalue weighted by molar-refractivity contribution is 5.76. The number of aromatic nitrogens is 2. The first-order valence-corrected chi connectivity index (χ1v) is 8.16. The smallest absolute Gasteiger partial charge is 0.244 e. The third-order valence-electron chi connectivity index (χ3n) is 4.79. The number of carbonyl (C=O) groups excluding carboxylic acids is 1. The lowest BCUT2D eigenvalue weighted by Gasteiger charge is -2.37. The summed E-state index contributed by atoms with van der Waals surface area (Å²) >= 11 is 0. The molecule has 0 aliphatic carbocycles. The zero-order valence-corrected chi connectivity index (χ0v) is 13.2. The maximum atomic E-state index is 12.5. The molecule has 1 aromatic heterocycles. The first-order valence-electron chi connectivity index (χ1n) is 8.16. The molecule has 1 atom stereocenters. The van der Waals surface area contributed by atoms with Crippen LogP contribution in [0.3, 0.4) is 0 Å². The number of hydrogen-bond donors (Lipinski definition) is 0. The number of aryl methyl sites for hydroxylation is 2. The van der Waals surface area contributed by atoms with Gasteiger partial charge in [0.2, 0.25) is 5.91 Å². The summed E-state index contributed by atoms with van der Waals surface area (Å²) in [5, 5.41) is 4.40. The Morgan fingerprint density at radius 2 is 2.00 bits per heavy atom. The Kier molecular flexibility index (Phi) is 4.29. The molecule has 0 radical (unpaired) electrons. The van der Waals surface area contributed by atoms with Crippen molar-refractivity contribution in [1.29, 1.82) is 0 Å². The van der Waals surface area contributed by atoms with Crippen LogP contribution in [0.1, 0.15) is 37.1 Å². The maximum absolute atomic E-state index is 12.5. The van der Waals surface area contributed by atoms with Crippen LogP contribution in [0.15, 0.2) is 6.07 Å². The molecule has 0 spiro atoms. The number of likely N-dealkylation sites (tertiary alicyclic amines) is 2. The quantitative estimate of drug-likeness (QED) is 0.849. The molecule has 2 fully saturated rings. The Morgan fingerprint density at radius 3 is 2.67 bits per heavy atom. The van der Waals surface area contributed by atoms with Gasteiger partial charge in [0, 0.05) is 24.8 Å². The van der Waals surface area contributed by atoms with E-state index < -0.39 is 0 Å². The van der Waals surface area contributed by atoms with Crippen LogP contribution in [0, 0.1) is 13.8 Å². The van der Waals surface area contributed by atoms with Gasteiger partial charge >= 0.3 is 0 Å². The first-order chi connectivity index (χ1) is 10.1. The van der Waals surface area contributed by atoms with E-state index in [0.29, 0.717) is 12.6 Å². The number of rotatable bonds is 3. The average Bonchev–Trinajstić information content (AvgIpc) is 3.09. The lowest BCUT2D eigenvalue weighted by Crippen LogP contribution is -2.49. The van der Waals surface area contributed by atoms with Gasteiger partial charge < -0.3 is 4.90 Å². The van der Waals surface area contributed by atoms with E-state index in [1.54, 1.807) is 0 Å². The molecule has 0 saturated carbocycles. The van der Waals surface area contributed by atoms with Crippen molar-refractivity contribution >= 4 is 5.91 Å². The normalized spacial score (nSPS) is 23.7. The Balaban J connectivity index is 1.60. The summed E-state index contributed by atoms with van der Waals surface area (Å²) in [5.41, 5.74) is 2.04. The third-order valence-corrected chi connectivity index (χ3v) is 4.79. The Morgan fingerprint density at radius 1 is 1.24 bits per heavy atom. The van der Waals surface area contributed by atoms with Crippen LogP contribution >= 0.6 is 0 Å². The van der Waals surface area contributed by atoms with Crippen molar-refractivity contribution in [2.45, 2.75) is 52.1 Å². The van der Waals surface area contributed by atoms with Crippen LogP contribution in [0.2, 0.25) is 0 Å². The Bertz CT molecular complexity index is 504. The zero-order valence-electron chi connectivity index (χ0n) is 13.2. The molecular weight excluding hydrogens is 264 g/mol. The highest BCUT2D eigenvalue weighted by Crippen LogP contribution is 2.20. The Hall–Kier alpha value is -1.36. The summed E-state index contributed by atoms with van der Waals surface area (Å²) in [5.74, 6) is 0.213. The van der Waals surface area contributed by atoms with Gasteiger partial charge in [0.15, 0.2) is 0 Å². The van der Waals surface area contributed by atoms with Gasteiger partial charge in [-0.1, -0.05) is 0 Å². The number of nitrogens with zero attached hydrogens (tertiary/aromatic N) is 4. The summed E-state index contributed by atoms with van der Waals surface area (Å²) in [4.78, 5) is 17.2. The van der Waals surface area contributed by atoms with E-state index in [2.05, 4.69) is 10.00 Å². The minimum atomic E-state index is 0.213. The van der Waals surface area contributed by atoms with E-state index in [-0.39, 0.29) is 5.91 Å². The predicted molar refractivity (Wildman–Crippen MR) is 82.1 cm³/mol. The summed E-state index contributed by atoms with van der Waals surface area (Å²) in [6.07, 6.45) is 5.00. The lowest BCUT2D eigenvalue weighted by atomic mass is 10.0. The molecule has 2 aliphatic heterocycles. The second-order valence-electron chi connectivity index (χ2n) is 6.46. The van der Waals surface area contributed by atoms with Gasteiger partial charge in [0.1, 0.15) is 6.54 Å². The molecule has 1 amide bonds. The van der Waals surface area contributed by atoms with Crippen molar-refractivity contribution in [3.63, 3.8) is 0 Å². The molecule has 0 N–H and O–H groups in total. The van der Waals surface area contributed by atoms with Gasteiger partial charge in [-0.15, -0.1) is 0 Å². The van der Waals surface area contributed by atoms with E-state index in [1.165, 1.54) is 32.4 Å². The van der Waals surface area contributed by atoms with Crippen LogP contribution < -0.4 is 0 Å². The topological polar surface area (TPSA) is 41.4 Å². The maximum Gasteiger partial charge on any atom is 0.244 e. The van der Waals surface area contributed by atoms with Gasteiger partial charge in [-0.25, -0.2) is 0 Å². The SMILES string of the molecule is Cc1cc(C)n(CC(=O)N2CCCC(N3CCCC3)C2)n1. The fraction of sp³-hybridized carbons (Fsp3) is 0.750. The summed E-state index contributed by atoms with van der Waals surface area (Å²) < 4.78 is 1.83. The average molecular weight is 290 g/mol. The molecular formula is C16H26N4O. The van der Waals surface area contributed by atoms with Crippen molar-refractivity contribution in [1.82, 2.24) is 19.6 Å². The fourth-order valence-electron chi connectivity index (χ4n) is 3.65. The number of amides is 1. The van der Waals surface area contributed by atoms with Gasteiger partial charge in [-0.2, -0.15) is 5.10 Å². The van der Waals surface area contributed by atoms with Gasteiger partial charge in [0.25, 0.3) is 0 Å².